The highest BCUT2D eigenvalue weighted by atomic mass is 16.5. The molecule has 1 aliphatic rings. The summed E-state index contributed by atoms with van der Waals surface area (Å²) in [6.45, 7) is 1.10. The zero-order chi connectivity index (χ0) is 17.6. The lowest BCUT2D eigenvalue weighted by molar-refractivity contribution is -0.155. The number of hydrogen-bond acceptors (Lipinski definition) is 4. The lowest BCUT2D eigenvalue weighted by atomic mass is 10.1. The topological polar surface area (TPSA) is 76.5 Å². The van der Waals surface area contributed by atoms with Gasteiger partial charge in [0, 0.05) is 39.0 Å². The summed E-state index contributed by atoms with van der Waals surface area (Å²) in [5.74, 6) is 0.537. The van der Waals surface area contributed by atoms with Crippen molar-refractivity contribution in [1.29, 1.82) is 0 Å². The number of rotatable bonds is 6. The molecule has 25 heavy (non-hydrogen) atoms. The highest BCUT2D eigenvalue weighted by Crippen LogP contribution is 2.13. The van der Waals surface area contributed by atoms with Gasteiger partial charge in [0.1, 0.15) is 18.5 Å². The number of benzene rings is 1. The van der Waals surface area contributed by atoms with Gasteiger partial charge in [0.05, 0.1) is 6.61 Å². The number of amides is 2. The van der Waals surface area contributed by atoms with E-state index in [1.54, 1.807) is 11.1 Å². The van der Waals surface area contributed by atoms with Gasteiger partial charge in [-0.3, -0.25) is 9.59 Å². The average molecular weight is 342 g/mol. The van der Waals surface area contributed by atoms with Gasteiger partial charge in [-0.1, -0.05) is 30.3 Å². The van der Waals surface area contributed by atoms with Crippen molar-refractivity contribution in [2.75, 3.05) is 19.8 Å². The van der Waals surface area contributed by atoms with Crippen LogP contribution in [0.3, 0.4) is 0 Å². The van der Waals surface area contributed by atoms with Crippen LogP contribution in [0.5, 0.6) is 0 Å². The molecule has 7 heteroatoms. The molecule has 1 aliphatic heterocycles. The summed E-state index contributed by atoms with van der Waals surface area (Å²) in [5, 5.41) is 2.89. The van der Waals surface area contributed by atoms with Crippen LogP contribution in [0.25, 0.3) is 0 Å². The molecule has 132 valence electrons. The molecule has 0 spiro atoms. The van der Waals surface area contributed by atoms with E-state index >= 15 is 0 Å². The van der Waals surface area contributed by atoms with Crippen LogP contribution in [-0.4, -0.2) is 52.1 Å². The first kappa shape index (κ1) is 17.2. The van der Waals surface area contributed by atoms with Gasteiger partial charge >= 0.3 is 0 Å². The van der Waals surface area contributed by atoms with E-state index in [1.807, 2.05) is 48.1 Å². The summed E-state index contributed by atoms with van der Waals surface area (Å²) in [7, 11) is 1.92. The second-order valence-electron chi connectivity index (χ2n) is 6.03. The maximum atomic E-state index is 12.5. The van der Waals surface area contributed by atoms with Crippen molar-refractivity contribution < 1.29 is 14.3 Å². The molecule has 1 saturated heterocycles. The first-order valence-corrected chi connectivity index (χ1v) is 8.30. The summed E-state index contributed by atoms with van der Waals surface area (Å²) in [6, 6.07) is 9.04. The minimum absolute atomic E-state index is 0.0177. The number of ether oxygens (including phenoxy) is 1. The van der Waals surface area contributed by atoms with Gasteiger partial charge in [0.15, 0.2) is 0 Å². The van der Waals surface area contributed by atoms with E-state index in [2.05, 4.69) is 10.3 Å². The van der Waals surface area contributed by atoms with Gasteiger partial charge in [-0.15, -0.1) is 0 Å². The smallest absolute Gasteiger partial charge is 0.249 e. The van der Waals surface area contributed by atoms with Crippen LogP contribution in [0.4, 0.5) is 0 Å². The fourth-order valence-electron chi connectivity index (χ4n) is 2.85. The molecule has 3 rings (SSSR count). The second kappa shape index (κ2) is 7.94. The normalized spacial score (nSPS) is 17.6. The first-order valence-electron chi connectivity index (χ1n) is 8.30. The minimum atomic E-state index is -0.608. The molecule has 1 atom stereocenters. The number of nitrogens with one attached hydrogen (secondary N) is 1. The minimum Gasteiger partial charge on any atom is -0.369 e. The number of carbonyl (C=O) groups excluding carboxylic acids is 2. The molecule has 2 aromatic rings. The Bertz CT molecular complexity index is 729. The van der Waals surface area contributed by atoms with Crippen LogP contribution in [0, 0.1) is 0 Å². The van der Waals surface area contributed by atoms with Crippen LogP contribution in [0.2, 0.25) is 0 Å². The Balaban J connectivity index is 1.60. The molecule has 1 aromatic heterocycles. The molecule has 0 aliphatic carbocycles. The van der Waals surface area contributed by atoms with E-state index < -0.39 is 6.04 Å². The standard InChI is InChI=1S/C18H22N4O3/c1-21-10-9-19-16(21)7-8-20-18(24)15-12-25-13-17(23)22(15)11-14-5-3-2-4-6-14/h2-6,9-10,15H,7-8,11-13H2,1H3,(H,20,24)/t15-/m1/s1. The fourth-order valence-corrected chi connectivity index (χ4v) is 2.85. The predicted octanol–water partition coefficient (Wildman–Crippen LogP) is 0.506. The third-order valence-corrected chi connectivity index (χ3v) is 4.27. The highest BCUT2D eigenvalue weighted by molar-refractivity contribution is 5.89. The summed E-state index contributed by atoms with van der Waals surface area (Å²) in [4.78, 5) is 30.6. The molecule has 2 heterocycles. The van der Waals surface area contributed by atoms with E-state index in [-0.39, 0.29) is 25.0 Å². The molecule has 1 fully saturated rings. The maximum Gasteiger partial charge on any atom is 0.249 e. The second-order valence-corrected chi connectivity index (χ2v) is 6.03. The third-order valence-electron chi connectivity index (χ3n) is 4.27. The largest absolute Gasteiger partial charge is 0.369 e. The summed E-state index contributed by atoms with van der Waals surface area (Å²) >= 11 is 0. The van der Waals surface area contributed by atoms with Crippen LogP contribution in [0.15, 0.2) is 42.7 Å². The predicted molar refractivity (Wildman–Crippen MR) is 91.5 cm³/mol. The van der Waals surface area contributed by atoms with Crippen molar-refractivity contribution in [3.8, 4) is 0 Å². The SMILES string of the molecule is Cn1ccnc1CCNC(=O)[C@H]1COCC(=O)N1Cc1ccccc1. The van der Waals surface area contributed by atoms with Crippen molar-refractivity contribution in [3.05, 3.63) is 54.1 Å². The Labute approximate surface area is 146 Å². The Morgan fingerprint density at radius 3 is 2.88 bits per heavy atom. The van der Waals surface area contributed by atoms with Gasteiger partial charge in [-0.05, 0) is 5.56 Å². The average Bonchev–Trinajstić information content (AvgIpc) is 3.02. The number of aryl methyl sites for hydroxylation is 1. The molecule has 0 radical (unpaired) electrons. The van der Waals surface area contributed by atoms with Crippen LogP contribution < -0.4 is 5.32 Å². The monoisotopic (exact) mass is 342 g/mol. The Morgan fingerprint density at radius 1 is 1.36 bits per heavy atom. The van der Waals surface area contributed by atoms with E-state index in [1.165, 1.54) is 0 Å². The van der Waals surface area contributed by atoms with Crippen molar-refractivity contribution in [3.63, 3.8) is 0 Å². The number of imidazole rings is 1. The van der Waals surface area contributed by atoms with Crippen molar-refractivity contribution in [2.24, 2.45) is 7.05 Å². The Kier molecular flexibility index (Phi) is 5.45. The Hall–Kier alpha value is -2.67. The van der Waals surface area contributed by atoms with E-state index in [0.29, 0.717) is 19.5 Å². The van der Waals surface area contributed by atoms with Crippen LogP contribution >= 0.6 is 0 Å². The fraction of sp³-hybridized carbons (Fsp3) is 0.389. The van der Waals surface area contributed by atoms with E-state index in [4.69, 9.17) is 4.74 Å². The van der Waals surface area contributed by atoms with Gasteiger partial charge < -0.3 is 19.5 Å². The highest BCUT2D eigenvalue weighted by Gasteiger charge is 2.33. The number of hydrogen-bond donors (Lipinski definition) is 1. The van der Waals surface area contributed by atoms with Crippen molar-refractivity contribution >= 4 is 11.8 Å². The molecular weight excluding hydrogens is 320 g/mol. The number of aromatic nitrogens is 2. The number of morpholine rings is 1. The zero-order valence-electron chi connectivity index (χ0n) is 14.2. The zero-order valence-corrected chi connectivity index (χ0v) is 14.2. The van der Waals surface area contributed by atoms with Gasteiger partial charge in [-0.2, -0.15) is 0 Å². The van der Waals surface area contributed by atoms with Crippen molar-refractivity contribution in [1.82, 2.24) is 19.8 Å². The summed E-state index contributed by atoms with van der Waals surface area (Å²) in [5.41, 5.74) is 0.989. The van der Waals surface area contributed by atoms with Gasteiger partial charge in [-0.25, -0.2) is 4.98 Å². The third kappa shape index (κ3) is 4.24. The maximum absolute atomic E-state index is 12.5. The quantitative estimate of drug-likeness (QED) is 0.830. The molecule has 2 amide bonds. The van der Waals surface area contributed by atoms with Gasteiger partial charge in [0.25, 0.3) is 0 Å². The molecule has 0 bridgehead atoms. The lowest BCUT2D eigenvalue weighted by Crippen LogP contribution is -2.56. The lowest BCUT2D eigenvalue weighted by Gasteiger charge is -2.34. The molecule has 7 nitrogen and oxygen atoms in total. The molecule has 0 unspecified atom stereocenters. The first-order chi connectivity index (χ1) is 12.1. The number of nitrogens with zero attached hydrogens (tertiary/aromatic N) is 3. The summed E-state index contributed by atoms with van der Waals surface area (Å²) in [6.07, 6.45) is 4.23. The molecular formula is C18H22N4O3. The van der Waals surface area contributed by atoms with Crippen molar-refractivity contribution in [2.45, 2.75) is 19.0 Å². The molecule has 1 N–H and O–H groups in total. The molecule has 0 saturated carbocycles. The summed E-state index contributed by atoms with van der Waals surface area (Å²) < 4.78 is 7.20. The van der Waals surface area contributed by atoms with E-state index in [0.717, 1.165) is 11.4 Å². The number of carbonyl (C=O) groups is 2. The van der Waals surface area contributed by atoms with Gasteiger partial charge in [0.2, 0.25) is 11.8 Å². The molecule has 1 aromatic carbocycles. The Morgan fingerprint density at radius 2 is 2.16 bits per heavy atom. The van der Waals surface area contributed by atoms with Crippen LogP contribution in [-0.2, 0) is 34.3 Å². The van der Waals surface area contributed by atoms with E-state index in [9.17, 15) is 9.59 Å². The van der Waals surface area contributed by atoms with Crippen LogP contribution in [0.1, 0.15) is 11.4 Å².